The van der Waals surface area contributed by atoms with Crippen LogP contribution in [0.2, 0.25) is 0 Å². The van der Waals surface area contributed by atoms with Crippen LogP contribution < -0.4 is 10.3 Å². The average Bonchev–Trinajstić information content (AvgIpc) is 3.43. The number of hydrazone groups is 1. The SMILES string of the molecule is CN(C)c1ccc(/C=N\Nc2nc(-c3cccs3)c(N=Nc3ccccc3)s2)cc1. The van der Waals surface area contributed by atoms with Crippen LogP contribution in [-0.2, 0) is 0 Å². The average molecular weight is 433 g/mol. The molecule has 4 rings (SSSR count). The molecule has 0 bridgehead atoms. The number of nitrogens with one attached hydrogen (secondary N) is 1. The van der Waals surface area contributed by atoms with Crippen molar-refractivity contribution >= 4 is 50.4 Å². The van der Waals surface area contributed by atoms with Gasteiger partial charge in [0.05, 0.1) is 16.8 Å². The Bertz CT molecular complexity index is 1130. The van der Waals surface area contributed by atoms with Gasteiger partial charge in [-0.1, -0.05) is 47.7 Å². The van der Waals surface area contributed by atoms with E-state index >= 15 is 0 Å². The third-order valence-electron chi connectivity index (χ3n) is 4.16. The fraction of sp³-hybridized carbons (Fsp3) is 0.0909. The number of thiazole rings is 1. The van der Waals surface area contributed by atoms with Crippen molar-refractivity contribution in [1.82, 2.24) is 4.98 Å². The Morgan fingerprint density at radius 3 is 2.43 bits per heavy atom. The zero-order valence-corrected chi connectivity index (χ0v) is 18.2. The molecule has 0 atom stereocenters. The quantitative estimate of drug-likeness (QED) is 0.198. The highest BCUT2D eigenvalue weighted by molar-refractivity contribution is 7.20. The highest BCUT2D eigenvalue weighted by atomic mass is 32.1. The van der Waals surface area contributed by atoms with Gasteiger partial charge in [0.25, 0.3) is 0 Å². The first-order chi connectivity index (χ1) is 14.7. The lowest BCUT2D eigenvalue weighted by Crippen LogP contribution is -2.08. The van der Waals surface area contributed by atoms with E-state index in [0.717, 1.165) is 32.5 Å². The molecule has 2 heterocycles. The minimum Gasteiger partial charge on any atom is -0.378 e. The summed E-state index contributed by atoms with van der Waals surface area (Å²) in [5, 5.41) is 16.5. The Labute approximate surface area is 183 Å². The Balaban J connectivity index is 1.53. The van der Waals surface area contributed by atoms with Crippen LogP contribution in [0.4, 0.5) is 21.5 Å². The molecule has 2 aromatic heterocycles. The van der Waals surface area contributed by atoms with Gasteiger partial charge in [0.2, 0.25) is 5.13 Å². The number of hydrogen-bond acceptors (Lipinski definition) is 8. The van der Waals surface area contributed by atoms with E-state index in [1.807, 2.05) is 74.1 Å². The lowest BCUT2D eigenvalue weighted by molar-refractivity contribution is 1.13. The number of hydrogen-bond donors (Lipinski definition) is 1. The van der Waals surface area contributed by atoms with Crippen LogP contribution in [0.15, 0.2) is 87.4 Å². The predicted octanol–water partition coefficient (Wildman–Crippen LogP) is 6.80. The van der Waals surface area contributed by atoms with Crippen molar-refractivity contribution < 1.29 is 0 Å². The molecule has 0 aliphatic heterocycles. The molecular weight excluding hydrogens is 412 g/mol. The monoisotopic (exact) mass is 432 g/mol. The largest absolute Gasteiger partial charge is 0.378 e. The van der Waals surface area contributed by atoms with Crippen molar-refractivity contribution in [1.29, 1.82) is 0 Å². The second-order valence-electron chi connectivity index (χ2n) is 6.54. The Kier molecular flexibility index (Phi) is 6.26. The van der Waals surface area contributed by atoms with Gasteiger partial charge in [0.15, 0.2) is 5.00 Å². The summed E-state index contributed by atoms with van der Waals surface area (Å²) < 4.78 is 0. The molecule has 0 aliphatic carbocycles. The molecule has 1 N–H and O–H groups in total. The maximum atomic E-state index is 4.68. The van der Waals surface area contributed by atoms with Crippen LogP contribution in [0.5, 0.6) is 0 Å². The number of anilines is 2. The van der Waals surface area contributed by atoms with Gasteiger partial charge in [-0.3, -0.25) is 5.43 Å². The molecule has 0 amide bonds. The lowest BCUT2D eigenvalue weighted by Gasteiger charge is -2.11. The summed E-state index contributed by atoms with van der Waals surface area (Å²) in [6.45, 7) is 0. The maximum Gasteiger partial charge on any atom is 0.206 e. The molecule has 0 unspecified atom stereocenters. The van der Waals surface area contributed by atoms with Gasteiger partial charge in [-0.2, -0.15) is 5.10 Å². The summed E-state index contributed by atoms with van der Waals surface area (Å²) in [6.07, 6.45) is 1.77. The fourth-order valence-electron chi connectivity index (χ4n) is 2.62. The summed E-state index contributed by atoms with van der Waals surface area (Å²) in [4.78, 5) is 7.78. The molecule has 0 radical (unpaired) electrons. The van der Waals surface area contributed by atoms with E-state index in [1.165, 1.54) is 11.3 Å². The van der Waals surface area contributed by atoms with Crippen LogP contribution in [0, 0.1) is 0 Å². The second-order valence-corrected chi connectivity index (χ2v) is 8.47. The molecule has 8 heteroatoms. The normalized spacial score (nSPS) is 11.4. The van der Waals surface area contributed by atoms with E-state index in [-0.39, 0.29) is 0 Å². The lowest BCUT2D eigenvalue weighted by atomic mass is 10.2. The summed E-state index contributed by atoms with van der Waals surface area (Å²) in [7, 11) is 4.04. The minimum atomic E-state index is 0.668. The smallest absolute Gasteiger partial charge is 0.206 e. The van der Waals surface area contributed by atoms with E-state index in [2.05, 4.69) is 42.8 Å². The number of azo groups is 1. The number of aromatic nitrogens is 1. The third-order valence-corrected chi connectivity index (χ3v) is 5.88. The first-order valence-electron chi connectivity index (χ1n) is 9.27. The molecule has 30 heavy (non-hydrogen) atoms. The number of thiophene rings is 1. The van der Waals surface area contributed by atoms with Crippen molar-refractivity contribution in [3.63, 3.8) is 0 Å². The fourth-order valence-corrected chi connectivity index (χ4v) is 4.15. The summed E-state index contributed by atoms with van der Waals surface area (Å²) in [6, 6.07) is 21.9. The Hall–Kier alpha value is -3.36. The van der Waals surface area contributed by atoms with Crippen LogP contribution in [0.1, 0.15) is 5.56 Å². The first-order valence-corrected chi connectivity index (χ1v) is 11.0. The molecule has 150 valence electrons. The standard InChI is InChI=1S/C22H20N6S2/c1-28(2)18-12-10-16(11-13-18)15-23-27-22-24-20(19-9-6-14-29-19)21(30-22)26-25-17-7-4-3-5-8-17/h3-15H,1-2H3,(H,24,27)/b23-15-,26-25?. The molecule has 2 aromatic carbocycles. The highest BCUT2D eigenvalue weighted by Crippen LogP contribution is 2.40. The molecule has 0 fully saturated rings. The molecule has 0 saturated heterocycles. The van der Waals surface area contributed by atoms with E-state index in [0.29, 0.717) is 5.13 Å². The van der Waals surface area contributed by atoms with Gasteiger partial charge in [0.1, 0.15) is 5.69 Å². The number of rotatable bonds is 7. The third kappa shape index (κ3) is 4.97. The van der Waals surface area contributed by atoms with Crippen LogP contribution in [0.3, 0.4) is 0 Å². The van der Waals surface area contributed by atoms with Crippen molar-refractivity contribution in [2.24, 2.45) is 15.3 Å². The maximum absolute atomic E-state index is 4.68. The summed E-state index contributed by atoms with van der Waals surface area (Å²) >= 11 is 3.04. The Morgan fingerprint density at radius 1 is 0.933 bits per heavy atom. The van der Waals surface area contributed by atoms with E-state index in [1.54, 1.807) is 17.6 Å². The van der Waals surface area contributed by atoms with Crippen molar-refractivity contribution in [2.75, 3.05) is 24.4 Å². The predicted molar refractivity (Wildman–Crippen MR) is 128 cm³/mol. The van der Waals surface area contributed by atoms with Gasteiger partial charge in [-0.25, -0.2) is 4.98 Å². The Morgan fingerprint density at radius 2 is 1.73 bits per heavy atom. The minimum absolute atomic E-state index is 0.668. The summed E-state index contributed by atoms with van der Waals surface area (Å²) in [5.41, 5.74) is 6.79. The summed E-state index contributed by atoms with van der Waals surface area (Å²) in [5.74, 6) is 0. The van der Waals surface area contributed by atoms with Crippen molar-refractivity contribution in [3.8, 4) is 10.6 Å². The first kappa shape index (κ1) is 19.9. The van der Waals surface area contributed by atoms with Gasteiger partial charge in [0, 0.05) is 19.8 Å². The van der Waals surface area contributed by atoms with E-state index < -0.39 is 0 Å². The molecule has 0 saturated carbocycles. The van der Waals surface area contributed by atoms with Crippen LogP contribution in [-0.4, -0.2) is 25.3 Å². The zero-order valence-electron chi connectivity index (χ0n) is 16.6. The van der Waals surface area contributed by atoms with E-state index in [9.17, 15) is 0 Å². The molecule has 6 nitrogen and oxygen atoms in total. The van der Waals surface area contributed by atoms with E-state index in [4.69, 9.17) is 0 Å². The highest BCUT2D eigenvalue weighted by Gasteiger charge is 2.14. The zero-order chi connectivity index (χ0) is 20.8. The van der Waals surface area contributed by atoms with Gasteiger partial charge >= 0.3 is 0 Å². The van der Waals surface area contributed by atoms with Crippen molar-refractivity contribution in [2.45, 2.75) is 0 Å². The van der Waals surface area contributed by atoms with Crippen LogP contribution >= 0.6 is 22.7 Å². The van der Waals surface area contributed by atoms with Gasteiger partial charge < -0.3 is 4.90 Å². The molecule has 0 spiro atoms. The second kappa shape index (κ2) is 9.43. The van der Waals surface area contributed by atoms with Gasteiger partial charge in [-0.05, 0) is 41.3 Å². The van der Waals surface area contributed by atoms with Crippen LogP contribution in [0.25, 0.3) is 10.6 Å². The van der Waals surface area contributed by atoms with Crippen molar-refractivity contribution in [3.05, 3.63) is 77.7 Å². The number of nitrogens with zero attached hydrogens (tertiary/aromatic N) is 5. The molecule has 4 aromatic rings. The molecule has 0 aliphatic rings. The number of benzene rings is 2. The van der Waals surface area contributed by atoms with Gasteiger partial charge in [-0.15, -0.1) is 21.6 Å². The topological polar surface area (TPSA) is 65.2 Å². The molecular formula is C22H20N6S2.